The lowest BCUT2D eigenvalue weighted by Crippen LogP contribution is -2.45. The monoisotopic (exact) mass is 191 g/mol. The van der Waals surface area contributed by atoms with E-state index in [-0.39, 0.29) is 6.10 Å². The van der Waals surface area contributed by atoms with Crippen LogP contribution in [0.5, 0.6) is 0 Å². The Morgan fingerprint density at radius 1 is 1.43 bits per heavy atom. The zero-order valence-corrected chi connectivity index (χ0v) is 8.79. The number of nitrogens with one attached hydrogen (secondary N) is 1. The van der Waals surface area contributed by atoms with Gasteiger partial charge in [-0.2, -0.15) is 0 Å². The highest BCUT2D eigenvalue weighted by Crippen LogP contribution is 2.28. The largest absolute Gasteiger partial charge is 0.376 e. The van der Waals surface area contributed by atoms with Crippen molar-refractivity contribution in [1.29, 1.82) is 0 Å². The molecule has 0 saturated carbocycles. The maximum absolute atomic E-state index is 5.56. The van der Waals surface area contributed by atoms with Crippen molar-refractivity contribution < 1.29 is 4.74 Å². The van der Waals surface area contributed by atoms with Gasteiger partial charge in [0, 0.05) is 26.1 Å². The highest BCUT2D eigenvalue weighted by molar-refractivity contribution is 5.25. The highest BCUT2D eigenvalue weighted by atomic mass is 16.5. The Labute approximate surface area is 85.3 Å². The molecule has 1 fully saturated rings. The first-order valence-electron chi connectivity index (χ1n) is 5.11. The van der Waals surface area contributed by atoms with E-state index in [1.165, 1.54) is 11.1 Å². The Balaban J connectivity index is 2.17. The molecule has 0 aromatic heterocycles. The van der Waals surface area contributed by atoms with Crippen LogP contribution < -0.4 is 5.32 Å². The number of methoxy groups -OCH3 is 1. The third-order valence-corrected chi connectivity index (χ3v) is 2.87. The van der Waals surface area contributed by atoms with Crippen LogP contribution in [0.15, 0.2) is 24.3 Å². The van der Waals surface area contributed by atoms with Crippen molar-refractivity contribution in [3.8, 4) is 0 Å². The van der Waals surface area contributed by atoms with E-state index >= 15 is 0 Å². The molecule has 0 unspecified atom stereocenters. The summed E-state index contributed by atoms with van der Waals surface area (Å²) in [7, 11) is 1.80. The molecule has 0 radical (unpaired) electrons. The predicted octanol–water partition coefficient (Wildman–Crippen LogP) is 1.90. The molecule has 2 rings (SSSR count). The van der Waals surface area contributed by atoms with Gasteiger partial charge in [-0.15, -0.1) is 0 Å². The molecule has 0 amide bonds. The summed E-state index contributed by atoms with van der Waals surface area (Å²) in [6.07, 6.45) is 0.260. The Hall–Kier alpha value is -0.860. The zero-order chi connectivity index (χ0) is 9.97. The molecule has 1 heterocycles. The van der Waals surface area contributed by atoms with Crippen LogP contribution in [0, 0.1) is 12.8 Å². The van der Waals surface area contributed by atoms with Gasteiger partial charge in [0.2, 0.25) is 0 Å². The number of hydrogen-bond acceptors (Lipinski definition) is 2. The summed E-state index contributed by atoms with van der Waals surface area (Å²) in [5.74, 6) is 0.641. The topological polar surface area (TPSA) is 21.3 Å². The molecule has 1 aromatic carbocycles. The van der Waals surface area contributed by atoms with E-state index in [4.69, 9.17) is 4.74 Å². The van der Waals surface area contributed by atoms with Gasteiger partial charge in [-0.1, -0.05) is 29.8 Å². The van der Waals surface area contributed by atoms with Crippen LogP contribution in [-0.4, -0.2) is 20.2 Å². The third kappa shape index (κ3) is 1.81. The molecular formula is C12H17NO. The first kappa shape index (κ1) is 9.69. The summed E-state index contributed by atoms with van der Waals surface area (Å²) in [6, 6.07) is 8.59. The van der Waals surface area contributed by atoms with Crippen molar-refractivity contribution in [1.82, 2.24) is 5.32 Å². The fourth-order valence-electron chi connectivity index (χ4n) is 1.97. The van der Waals surface area contributed by atoms with Crippen LogP contribution in [0.1, 0.15) is 17.2 Å². The Morgan fingerprint density at radius 3 is 2.71 bits per heavy atom. The quantitative estimate of drug-likeness (QED) is 0.788. The smallest absolute Gasteiger partial charge is 0.0873 e. The van der Waals surface area contributed by atoms with E-state index < -0.39 is 0 Å². The minimum Gasteiger partial charge on any atom is -0.376 e. The number of aryl methyl sites for hydroxylation is 1. The first-order chi connectivity index (χ1) is 6.81. The predicted molar refractivity (Wildman–Crippen MR) is 57.3 cm³/mol. The van der Waals surface area contributed by atoms with Crippen LogP contribution in [0.3, 0.4) is 0 Å². The third-order valence-electron chi connectivity index (χ3n) is 2.87. The van der Waals surface area contributed by atoms with Crippen molar-refractivity contribution in [2.24, 2.45) is 5.92 Å². The maximum atomic E-state index is 5.56. The molecule has 2 heteroatoms. The van der Waals surface area contributed by atoms with Gasteiger partial charge >= 0.3 is 0 Å². The van der Waals surface area contributed by atoms with Crippen LogP contribution in [0.2, 0.25) is 0 Å². The normalized spacial score (nSPS) is 19.0. The molecule has 0 spiro atoms. The van der Waals surface area contributed by atoms with Crippen LogP contribution in [0.4, 0.5) is 0 Å². The van der Waals surface area contributed by atoms with Crippen LogP contribution in [-0.2, 0) is 4.74 Å². The minimum atomic E-state index is 0.260. The van der Waals surface area contributed by atoms with Crippen molar-refractivity contribution in [2.45, 2.75) is 13.0 Å². The molecule has 1 aromatic rings. The van der Waals surface area contributed by atoms with E-state index in [2.05, 4.69) is 36.5 Å². The average molecular weight is 191 g/mol. The molecule has 14 heavy (non-hydrogen) atoms. The second-order valence-corrected chi connectivity index (χ2v) is 3.99. The summed E-state index contributed by atoms with van der Waals surface area (Å²) >= 11 is 0. The standard InChI is InChI=1S/C12H17NO/c1-9-4-3-5-10(6-9)12(14-2)11-7-13-8-11/h3-6,11-13H,7-8H2,1-2H3/t12-/m1/s1. The van der Waals surface area contributed by atoms with Gasteiger partial charge in [0.15, 0.2) is 0 Å². The highest BCUT2D eigenvalue weighted by Gasteiger charge is 2.27. The van der Waals surface area contributed by atoms with Gasteiger partial charge in [0.1, 0.15) is 0 Å². The Bertz CT molecular complexity index is 307. The van der Waals surface area contributed by atoms with Crippen LogP contribution >= 0.6 is 0 Å². The lowest BCUT2D eigenvalue weighted by Gasteiger charge is -2.34. The summed E-state index contributed by atoms with van der Waals surface area (Å²) in [5, 5.41) is 3.28. The average Bonchev–Trinajstić information content (AvgIpc) is 2.10. The van der Waals surface area contributed by atoms with E-state index in [9.17, 15) is 0 Å². The van der Waals surface area contributed by atoms with E-state index in [0.717, 1.165) is 13.1 Å². The molecule has 1 N–H and O–H groups in total. The molecule has 76 valence electrons. The number of ether oxygens (including phenoxy) is 1. The van der Waals surface area contributed by atoms with Gasteiger partial charge in [0.05, 0.1) is 6.10 Å². The van der Waals surface area contributed by atoms with Crippen molar-refractivity contribution >= 4 is 0 Å². The summed E-state index contributed by atoms with van der Waals surface area (Å²) in [4.78, 5) is 0. The van der Waals surface area contributed by atoms with E-state index in [1.54, 1.807) is 7.11 Å². The molecule has 2 nitrogen and oxygen atoms in total. The lowest BCUT2D eigenvalue weighted by atomic mass is 9.90. The molecular weight excluding hydrogens is 174 g/mol. The maximum Gasteiger partial charge on any atom is 0.0873 e. The molecule has 1 aliphatic rings. The molecule has 1 saturated heterocycles. The van der Waals surface area contributed by atoms with Gasteiger partial charge in [0.25, 0.3) is 0 Å². The second-order valence-electron chi connectivity index (χ2n) is 3.99. The van der Waals surface area contributed by atoms with Gasteiger partial charge in [-0.3, -0.25) is 0 Å². The summed E-state index contributed by atoms with van der Waals surface area (Å²) in [6.45, 7) is 4.27. The summed E-state index contributed by atoms with van der Waals surface area (Å²) in [5.41, 5.74) is 2.61. The first-order valence-corrected chi connectivity index (χ1v) is 5.11. The lowest BCUT2D eigenvalue weighted by molar-refractivity contribution is 0.0292. The van der Waals surface area contributed by atoms with Crippen molar-refractivity contribution in [3.63, 3.8) is 0 Å². The number of rotatable bonds is 3. The Kier molecular flexibility index (Phi) is 2.85. The SMILES string of the molecule is CO[C@H](c1cccc(C)c1)C1CNC1. The molecule has 1 aliphatic heterocycles. The molecule has 0 bridgehead atoms. The minimum absolute atomic E-state index is 0.260. The fourth-order valence-corrected chi connectivity index (χ4v) is 1.97. The van der Waals surface area contributed by atoms with Gasteiger partial charge < -0.3 is 10.1 Å². The molecule has 0 aliphatic carbocycles. The Morgan fingerprint density at radius 2 is 2.21 bits per heavy atom. The summed E-state index contributed by atoms with van der Waals surface area (Å²) < 4.78 is 5.56. The fraction of sp³-hybridized carbons (Fsp3) is 0.500. The van der Waals surface area contributed by atoms with Crippen molar-refractivity contribution in [2.75, 3.05) is 20.2 Å². The van der Waals surface area contributed by atoms with Gasteiger partial charge in [-0.25, -0.2) is 0 Å². The number of hydrogen-bond donors (Lipinski definition) is 1. The molecule has 1 atom stereocenters. The van der Waals surface area contributed by atoms with E-state index in [0.29, 0.717) is 5.92 Å². The zero-order valence-electron chi connectivity index (χ0n) is 8.79. The number of benzene rings is 1. The van der Waals surface area contributed by atoms with Crippen LogP contribution in [0.25, 0.3) is 0 Å². The second kappa shape index (κ2) is 4.11. The van der Waals surface area contributed by atoms with E-state index in [1.807, 2.05) is 0 Å². The van der Waals surface area contributed by atoms with Crippen molar-refractivity contribution in [3.05, 3.63) is 35.4 Å². The van der Waals surface area contributed by atoms with Gasteiger partial charge in [-0.05, 0) is 12.5 Å².